The summed E-state index contributed by atoms with van der Waals surface area (Å²) in [7, 11) is 3.80. The first-order valence-electron chi connectivity index (χ1n) is 30.7. The Kier molecular flexibility index (Phi) is 31.8. The first-order chi connectivity index (χ1) is 38.7. The molecule has 0 spiro atoms. The minimum absolute atomic E-state index is 0.0296. The van der Waals surface area contributed by atoms with E-state index >= 15 is 0 Å². The van der Waals surface area contributed by atoms with Gasteiger partial charge in [0.15, 0.2) is 0 Å². The molecule has 2 saturated heterocycles. The van der Waals surface area contributed by atoms with Crippen molar-refractivity contribution in [2.24, 2.45) is 17.8 Å². The summed E-state index contributed by atoms with van der Waals surface area (Å²) in [5.74, 6) is -5.56. The van der Waals surface area contributed by atoms with Crippen molar-refractivity contribution in [2.75, 3.05) is 66.6 Å². The van der Waals surface area contributed by atoms with E-state index in [1.807, 2.05) is 67.5 Å². The molecule has 0 aliphatic carbocycles. The monoisotopic (exact) mass is 1170 g/mol. The van der Waals surface area contributed by atoms with Crippen LogP contribution in [0.15, 0.2) is 0 Å². The maximum absolute atomic E-state index is 14.4. The topological polar surface area (TPSA) is 298 Å². The second kappa shape index (κ2) is 35.8. The number of nitrogens with zero attached hydrogens (tertiary/aromatic N) is 3. The molecular weight excluding hydrogens is 1060 g/mol. The maximum Gasteiger partial charge on any atom is 0.246 e. The Labute approximate surface area is 496 Å². The zero-order chi connectivity index (χ0) is 62.8. The second-order valence-electron chi connectivity index (χ2n) is 26.1. The van der Waals surface area contributed by atoms with Gasteiger partial charge in [-0.05, 0) is 119 Å². The van der Waals surface area contributed by atoms with E-state index in [0.717, 1.165) is 45.2 Å². The van der Waals surface area contributed by atoms with Gasteiger partial charge in [-0.2, -0.15) is 0 Å². The van der Waals surface area contributed by atoms with Gasteiger partial charge in [0.25, 0.3) is 0 Å². The number of carbonyl (C=O) groups excluding carboxylic acids is 10. The predicted octanol–water partition coefficient (Wildman–Crippen LogP) is 2.78. The largest absolute Gasteiger partial charge is 0.379 e. The summed E-state index contributed by atoms with van der Waals surface area (Å²) in [5, 5.41) is 25.3. The fraction of sp³-hybridized carbons (Fsp3) is 0.833. The number of rotatable bonds is 37. The molecule has 23 heteroatoms. The lowest BCUT2D eigenvalue weighted by Crippen LogP contribution is -2.65. The fourth-order valence-electron chi connectivity index (χ4n) is 10.1. The number of nitrogens with one attached hydrogen (secondary N) is 9. The van der Waals surface area contributed by atoms with E-state index in [-0.39, 0.29) is 74.3 Å². The van der Waals surface area contributed by atoms with Crippen LogP contribution in [0.5, 0.6) is 0 Å². The first kappa shape index (κ1) is 73.7. The van der Waals surface area contributed by atoms with Gasteiger partial charge in [-0.25, -0.2) is 0 Å². The van der Waals surface area contributed by atoms with Gasteiger partial charge < -0.3 is 62.4 Å². The van der Waals surface area contributed by atoms with Gasteiger partial charge in [-0.15, -0.1) is 0 Å². The van der Waals surface area contributed by atoms with Crippen LogP contribution in [-0.4, -0.2) is 193 Å². The van der Waals surface area contributed by atoms with Crippen LogP contribution in [0.1, 0.15) is 187 Å². The highest BCUT2D eigenvalue weighted by Gasteiger charge is 2.41. The van der Waals surface area contributed by atoms with Crippen molar-refractivity contribution in [1.29, 1.82) is 0 Å². The molecule has 2 aliphatic heterocycles. The van der Waals surface area contributed by atoms with Gasteiger partial charge in [-0.3, -0.25) is 52.8 Å². The van der Waals surface area contributed by atoms with Crippen molar-refractivity contribution in [3.8, 4) is 0 Å². The molecule has 0 aromatic rings. The molecule has 2 aliphatic rings. The maximum atomic E-state index is 14.4. The molecule has 0 bridgehead atoms. The minimum atomic E-state index is -1.63. The van der Waals surface area contributed by atoms with Gasteiger partial charge in [0.1, 0.15) is 46.8 Å². The number of ether oxygens (including phenoxy) is 1. The Hall–Kier alpha value is -5.42. The Morgan fingerprint density at radius 3 is 1.58 bits per heavy atom. The third-order valence-electron chi connectivity index (χ3n) is 14.8. The molecule has 0 saturated carbocycles. The number of hydrogen-bond donors (Lipinski definition) is 9. The SMILES string of the molecule is CCCCCCCCC(NC(=O)[C@@H]1CCCN1C(=O)CCN1CCOCC1)C(=O)NC(CC(C)C)C(=O)NC(C)(C)C(=O)NC(CC(C)C)C(=O)NC(CC(C)C)C(=O)NC(C)(C)C(=O)NC(C)(C)C(=O)NCCC(=O)NC(C)CN(C)C. The van der Waals surface area contributed by atoms with Crippen LogP contribution >= 0.6 is 0 Å². The summed E-state index contributed by atoms with van der Waals surface area (Å²) >= 11 is 0. The highest BCUT2D eigenvalue weighted by atomic mass is 16.5. The lowest BCUT2D eigenvalue weighted by Gasteiger charge is -2.34. The van der Waals surface area contributed by atoms with Gasteiger partial charge in [0.2, 0.25) is 59.1 Å². The van der Waals surface area contributed by atoms with E-state index in [9.17, 15) is 47.9 Å². The van der Waals surface area contributed by atoms with Gasteiger partial charge in [0.05, 0.1) is 13.2 Å². The third kappa shape index (κ3) is 27.4. The van der Waals surface area contributed by atoms with E-state index in [4.69, 9.17) is 4.74 Å². The lowest BCUT2D eigenvalue weighted by molar-refractivity contribution is -0.140. The Morgan fingerprint density at radius 2 is 1.05 bits per heavy atom. The molecule has 2 rings (SSSR count). The molecule has 10 amide bonds. The number of morpholine rings is 1. The van der Waals surface area contributed by atoms with E-state index in [2.05, 4.69) is 59.7 Å². The number of unbranched alkanes of at least 4 members (excludes halogenated alkanes) is 5. The summed E-state index contributed by atoms with van der Waals surface area (Å²) < 4.78 is 5.44. The zero-order valence-corrected chi connectivity index (χ0v) is 53.6. The molecule has 5 unspecified atom stereocenters. The first-order valence-corrected chi connectivity index (χ1v) is 30.7. The summed E-state index contributed by atoms with van der Waals surface area (Å²) in [6.07, 6.45) is 7.93. The van der Waals surface area contributed by atoms with Crippen LogP contribution in [0.25, 0.3) is 0 Å². The smallest absolute Gasteiger partial charge is 0.246 e. The van der Waals surface area contributed by atoms with Crippen molar-refractivity contribution in [1.82, 2.24) is 62.6 Å². The highest BCUT2D eigenvalue weighted by Crippen LogP contribution is 2.21. The van der Waals surface area contributed by atoms with Crippen LogP contribution in [0.3, 0.4) is 0 Å². The number of carbonyl (C=O) groups is 10. The van der Waals surface area contributed by atoms with Crippen LogP contribution < -0.4 is 47.9 Å². The molecule has 0 aromatic heterocycles. The van der Waals surface area contributed by atoms with Crippen molar-refractivity contribution >= 4 is 59.1 Å². The molecule has 0 radical (unpaired) electrons. The number of hydrogen-bond acceptors (Lipinski definition) is 13. The molecular formula is C60H110N12O11. The van der Waals surface area contributed by atoms with Crippen molar-refractivity contribution < 1.29 is 52.7 Å². The van der Waals surface area contributed by atoms with Crippen LogP contribution in [-0.2, 0) is 52.7 Å². The number of likely N-dealkylation sites (N-methyl/N-ethyl adjacent to an activating group) is 1. The number of likely N-dealkylation sites (tertiary alicyclic amines) is 1. The average molecular weight is 1180 g/mol. The molecule has 9 N–H and O–H groups in total. The quantitative estimate of drug-likeness (QED) is 0.0405. The van der Waals surface area contributed by atoms with Crippen LogP contribution in [0.4, 0.5) is 0 Å². The fourth-order valence-corrected chi connectivity index (χ4v) is 10.1. The van der Waals surface area contributed by atoms with E-state index < -0.39 is 94.1 Å². The Morgan fingerprint density at radius 1 is 0.554 bits per heavy atom. The zero-order valence-electron chi connectivity index (χ0n) is 53.6. The molecule has 2 heterocycles. The van der Waals surface area contributed by atoms with Crippen molar-refractivity contribution in [3.05, 3.63) is 0 Å². The lowest BCUT2D eigenvalue weighted by atomic mass is 9.96. The van der Waals surface area contributed by atoms with E-state index in [1.54, 1.807) is 4.90 Å². The highest BCUT2D eigenvalue weighted by molar-refractivity contribution is 6.00. The van der Waals surface area contributed by atoms with Crippen LogP contribution in [0, 0.1) is 17.8 Å². The Bertz CT molecular complexity index is 2130. The van der Waals surface area contributed by atoms with E-state index in [1.165, 1.54) is 41.5 Å². The second-order valence-corrected chi connectivity index (χ2v) is 26.1. The predicted molar refractivity (Wildman–Crippen MR) is 321 cm³/mol. The molecule has 23 nitrogen and oxygen atoms in total. The van der Waals surface area contributed by atoms with Crippen molar-refractivity contribution in [2.45, 2.75) is 240 Å². The molecule has 2 fully saturated rings. The number of amides is 10. The van der Waals surface area contributed by atoms with Gasteiger partial charge >= 0.3 is 0 Å². The third-order valence-corrected chi connectivity index (χ3v) is 14.8. The standard InChI is InChI=1S/C60H110N12O11/c1-17-18-19-20-21-22-24-43(63-54(79)47-25-23-29-72(47)49(74)27-30-71-31-33-83-34-32-71)50(75)64-45(36-40(4)5)52(77)67-59(11,12)56(81)66-44(35-39(2)3)51(76)65-46(37-41(6)7)53(78)68-60(13,14)57(82)69-58(9,10)55(80)61-28-26-48(73)62-42(8)38-70(15)16/h39-47H,17-38H2,1-16H3,(H,61,80)(H,62,73)(H,63,79)(H,64,75)(H,65,76)(H,66,81)(H,67,77)(H,68,78)(H,69,82)/t42?,43?,44?,45?,46?,47-/m0/s1. The average Bonchev–Trinajstić information content (AvgIpc) is 3.91. The molecule has 83 heavy (non-hydrogen) atoms. The molecule has 0 aromatic carbocycles. The van der Waals surface area contributed by atoms with Crippen molar-refractivity contribution in [3.63, 3.8) is 0 Å². The summed E-state index contributed by atoms with van der Waals surface area (Å²) in [5.41, 5.74) is -4.66. The van der Waals surface area contributed by atoms with Gasteiger partial charge in [-0.1, -0.05) is 87.0 Å². The summed E-state index contributed by atoms with van der Waals surface area (Å²) in [6.45, 7) is 28.6. The summed E-state index contributed by atoms with van der Waals surface area (Å²) in [6, 6.07) is -5.26. The van der Waals surface area contributed by atoms with E-state index in [0.29, 0.717) is 58.5 Å². The Balaban J connectivity index is 2.22. The summed E-state index contributed by atoms with van der Waals surface area (Å²) in [4.78, 5) is 144. The molecule has 476 valence electrons. The van der Waals surface area contributed by atoms with Gasteiger partial charge in [0, 0.05) is 58.2 Å². The normalized spacial score (nSPS) is 17.0. The van der Waals surface area contributed by atoms with Crippen LogP contribution in [0.2, 0.25) is 0 Å². The molecule has 6 atom stereocenters. The minimum Gasteiger partial charge on any atom is -0.379 e.